The lowest BCUT2D eigenvalue weighted by atomic mass is 10.0. The average molecular weight is 244 g/mol. The zero-order valence-electron chi connectivity index (χ0n) is 10.6. The van der Waals surface area contributed by atoms with E-state index in [0.29, 0.717) is 11.6 Å². The highest BCUT2D eigenvalue weighted by Gasteiger charge is 2.18. The second kappa shape index (κ2) is 6.39. The van der Waals surface area contributed by atoms with Crippen LogP contribution < -0.4 is 11.1 Å². The Morgan fingerprint density at radius 1 is 1.39 bits per heavy atom. The normalized spacial score (nSPS) is 17.3. The molecule has 96 valence electrons. The molecule has 0 radical (unpaired) electrons. The first-order valence-electron chi connectivity index (χ1n) is 6.51. The fourth-order valence-corrected chi connectivity index (χ4v) is 2.40. The van der Waals surface area contributed by atoms with Gasteiger partial charge in [0.05, 0.1) is 11.6 Å². The van der Waals surface area contributed by atoms with Gasteiger partial charge in [-0.15, -0.1) is 0 Å². The number of nitrogens with two attached hydrogens (primary N) is 1. The molecular weight excluding hydrogens is 224 g/mol. The predicted molar refractivity (Wildman–Crippen MR) is 73.3 cm³/mol. The van der Waals surface area contributed by atoms with E-state index in [1.807, 2.05) is 24.3 Å². The highest BCUT2D eigenvalue weighted by atomic mass is 15.1. The minimum Gasteiger partial charge on any atom is -0.382 e. The summed E-state index contributed by atoms with van der Waals surface area (Å²) in [4.78, 5) is 2.41. The number of hydrogen-bond donors (Lipinski definition) is 2. The number of anilines is 1. The van der Waals surface area contributed by atoms with Crippen molar-refractivity contribution in [3.63, 3.8) is 0 Å². The smallest absolute Gasteiger partial charge is 0.0992 e. The molecule has 1 fully saturated rings. The molecule has 0 bridgehead atoms. The van der Waals surface area contributed by atoms with Gasteiger partial charge in [0.2, 0.25) is 0 Å². The number of benzene rings is 1. The molecule has 1 saturated heterocycles. The van der Waals surface area contributed by atoms with Gasteiger partial charge in [-0.25, -0.2) is 0 Å². The Hall–Kier alpha value is -1.57. The van der Waals surface area contributed by atoms with Crippen molar-refractivity contribution in [1.82, 2.24) is 4.90 Å². The van der Waals surface area contributed by atoms with Gasteiger partial charge in [0.15, 0.2) is 0 Å². The Bertz CT molecular complexity index is 416. The first kappa shape index (κ1) is 12.9. The van der Waals surface area contributed by atoms with E-state index in [1.165, 1.54) is 0 Å². The van der Waals surface area contributed by atoms with Crippen LogP contribution in [-0.2, 0) is 0 Å². The van der Waals surface area contributed by atoms with E-state index in [0.717, 1.165) is 44.7 Å². The maximum absolute atomic E-state index is 8.87. The average Bonchev–Trinajstić information content (AvgIpc) is 2.42. The molecule has 0 saturated carbocycles. The third kappa shape index (κ3) is 3.46. The van der Waals surface area contributed by atoms with Gasteiger partial charge in [-0.1, -0.05) is 6.07 Å². The summed E-state index contributed by atoms with van der Waals surface area (Å²) in [6.07, 6.45) is 2.27. The third-order valence-electron chi connectivity index (χ3n) is 3.40. The fraction of sp³-hybridized carbons (Fsp3) is 0.500. The second-order valence-corrected chi connectivity index (χ2v) is 4.74. The maximum atomic E-state index is 8.87. The molecule has 3 N–H and O–H groups in total. The summed E-state index contributed by atoms with van der Waals surface area (Å²) in [6, 6.07) is 10.4. The molecule has 1 aromatic rings. The van der Waals surface area contributed by atoms with Crippen molar-refractivity contribution < 1.29 is 0 Å². The van der Waals surface area contributed by atoms with Crippen LogP contribution in [-0.4, -0.2) is 37.1 Å². The molecule has 0 aliphatic carbocycles. The Balaban J connectivity index is 1.86. The van der Waals surface area contributed by atoms with E-state index in [1.54, 1.807) is 0 Å². The summed E-state index contributed by atoms with van der Waals surface area (Å²) < 4.78 is 0. The number of hydrogen-bond acceptors (Lipinski definition) is 4. The van der Waals surface area contributed by atoms with Crippen LogP contribution >= 0.6 is 0 Å². The molecule has 2 rings (SSSR count). The number of nitriles is 1. The van der Waals surface area contributed by atoms with Crippen molar-refractivity contribution in [1.29, 1.82) is 5.26 Å². The number of piperidine rings is 1. The lowest BCUT2D eigenvalue weighted by Gasteiger charge is -2.32. The lowest BCUT2D eigenvalue weighted by Crippen LogP contribution is -2.41. The first-order valence-corrected chi connectivity index (χ1v) is 6.51. The van der Waals surface area contributed by atoms with Crippen molar-refractivity contribution in [3.05, 3.63) is 29.8 Å². The summed E-state index contributed by atoms with van der Waals surface area (Å²) in [5.74, 6) is 0. The third-order valence-corrected chi connectivity index (χ3v) is 3.40. The molecule has 0 spiro atoms. The topological polar surface area (TPSA) is 65.1 Å². The van der Waals surface area contributed by atoms with Crippen LogP contribution in [0, 0.1) is 11.3 Å². The second-order valence-electron chi connectivity index (χ2n) is 4.74. The van der Waals surface area contributed by atoms with Crippen LogP contribution in [0.4, 0.5) is 5.69 Å². The van der Waals surface area contributed by atoms with E-state index >= 15 is 0 Å². The SMILES string of the molecule is N#Cc1cccc(NC2CCN(CCN)CC2)c1. The van der Waals surface area contributed by atoms with Crippen molar-refractivity contribution >= 4 is 5.69 Å². The molecule has 18 heavy (non-hydrogen) atoms. The van der Waals surface area contributed by atoms with Crippen LogP contribution in [0.25, 0.3) is 0 Å². The van der Waals surface area contributed by atoms with Crippen LogP contribution in [0.3, 0.4) is 0 Å². The summed E-state index contributed by atoms with van der Waals surface area (Å²) in [6.45, 7) is 3.94. The largest absolute Gasteiger partial charge is 0.382 e. The van der Waals surface area contributed by atoms with Crippen molar-refractivity contribution in [2.45, 2.75) is 18.9 Å². The zero-order valence-corrected chi connectivity index (χ0v) is 10.6. The fourth-order valence-electron chi connectivity index (χ4n) is 2.40. The summed E-state index contributed by atoms with van der Waals surface area (Å²) in [5, 5.41) is 12.4. The molecule has 0 atom stereocenters. The Morgan fingerprint density at radius 2 is 2.17 bits per heavy atom. The quantitative estimate of drug-likeness (QED) is 0.840. The number of rotatable bonds is 4. The Labute approximate surface area is 108 Å². The maximum Gasteiger partial charge on any atom is 0.0992 e. The molecular formula is C14H20N4. The van der Waals surface area contributed by atoms with E-state index in [9.17, 15) is 0 Å². The van der Waals surface area contributed by atoms with E-state index < -0.39 is 0 Å². The standard InChI is InChI=1S/C14H20N4/c15-6-9-18-7-4-13(5-8-18)17-14-3-1-2-12(10-14)11-16/h1-3,10,13,17H,4-9,15H2. The monoisotopic (exact) mass is 244 g/mol. The van der Waals surface area contributed by atoms with Gasteiger partial charge < -0.3 is 16.0 Å². The Kier molecular flexibility index (Phi) is 4.57. The minimum absolute atomic E-state index is 0.507. The zero-order chi connectivity index (χ0) is 12.8. The molecule has 4 nitrogen and oxygen atoms in total. The van der Waals surface area contributed by atoms with Gasteiger partial charge in [0.1, 0.15) is 0 Å². The van der Waals surface area contributed by atoms with Crippen LogP contribution in [0.2, 0.25) is 0 Å². The predicted octanol–water partition coefficient (Wildman–Crippen LogP) is 1.39. The summed E-state index contributed by atoms with van der Waals surface area (Å²) in [7, 11) is 0. The molecule has 1 heterocycles. The van der Waals surface area contributed by atoms with E-state index in [4.69, 9.17) is 11.0 Å². The van der Waals surface area contributed by atoms with E-state index in [2.05, 4.69) is 16.3 Å². The van der Waals surface area contributed by atoms with Crippen molar-refractivity contribution in [2.24, 2.45) is 5.73 Å². The molecule has 0 aromatic heterocycles. The lowest BCUT2D eigenvalue weighted by molar-refractivity contribution is 0.224. The van der Waals surface area contributed by atoms with Crippen molar-refractivity contribution in [3.8, 4) is 6.07 Å². The molecule has 1 aliphatic rings. The molecule has 1 aromatic carbocycles. The van der Waals surface area contributed by atoms with Gasteiger partial charge in [-0.05, 0) is 31.0 Å². The van der Waals surface area contributed by atoms with Gasteiger partial charge in [-0.3, -0.25) is 0 Å². The minimum atomic E-state index is 0.507. The molecule has 4 heteroatoms. The Morgan fingerprint density at radius 3 is 2.83 bits per heavy atom. The highest BCUT2D eigenvalue weighted by molar-refractivity contribution is 5.49. The van der Waals surface area contributed by atoms with Crippen LogP contribution in [0.5, 0.6) is 0 Å². The van der Waals surface area contributed by atoms with Gasteiger partial charge in [-0.2, -0.15) is 5.26 Å². The van der Waals surface area contributed by atoms with Crippen LogP contribution in [0.15, 0.2) is 24.3 Å². The number of likely N-dealkylation sites (tertiary alicyclic amines) is 1. The first-order chi connectivity index (χ1) is 8.81. The summed E-state index contributed by atoms with van der Waals surface area (Å²) >= 11 is 0. The van der Waals surface area contributed by atoms with Gasteiger partial charge in [0, 0.05) is 37.9 Å². The van der Waals surface area contributed by atoms with Gasteiger partial charge in [0.25, 0.3) is 0 Å². The van der Waals surface area contributed by atoms with E-state index in [-0.39, 0.29) is 0 Å². The van der Waals surface area contributed by atoms with Crippen LogP contribution in [0.1, 0.15) is 18.4 Å². The molecule has 0 amide bonds. The van der Waals surface area contributed by atoms with Gasteiger partial charge >= 0.3 is 0 Å². The number of nitrogens with zero attached hydrogens (tertiary/aromatic N) is 2. The van der Waals surface area contributed by atoms with Crippen molar-refractivity contribution in [2.75, 3.05) is 31.5 Å². The molecule has 0 unspecified atom stereocenters. The number of nitrogens with one attached hydrogen (secondary N) is 1. The highest BCUT2D eigenvalue weighted by Crippen LogP contribution is 2.17. The molecule has 1 aliphatic heterocycles. The summed E-state index contributed by atoms with van der Waals surface area (Å²) in [5.41, 5.74) is 7.32.